The first-order valence-corrected chi connectivity index (χ1v) is 12.5. The van der Waals surface area contributed by atoms with Crippen LogP contribution in [-0.4, -0.2) is 52.0 Å². The van der Waals surface area contributed by atoms with Crippen molar-refractivity contribution in [2.45, 2.75) is 43.6 Å². The Balaban J connectivity index is 2.19. The summed E-state index contributed by atoms with van der Waals surface area (Å²) in [5.74, 6) is -0.169. The third-order valence-electron chi connectivity index (χ3n) is 4.71. The highest BCUT2D eigenvalue weighted by Crippen LogP contribution is 2.19. The van der Waals surface area contributed by atoms with Gasteiger partial charge in [0, 0.05) is 13.1 Å². The van der Waals surface area contributed by atoms with Gasteiger partial charge in [0.05, 0.1) is 22.5 Å². The van der Waals surface area contributed by atoms with Crippen molar-refractivity contribution in [1.29, 1.82) is 0 Å². The van der Waals surface area contributed by atoms with Gasteiger partial charge in [-0.05, 0) is 44.0 Å². The Morgan fingerprint density at radius 3 is 1.80 bits per heavy atom. The maximum Gasteiger partial charge on any atom is 0.297 e. The average Bonchev–Trinajstić information content (AvgIpc) is 2.67. The Kier molecular flexibility index (Phi) is 8.18. The number of aryl methyl sites for hydroxylation is 2. The molecule has 0 aliphatic carbocycles. The second-order valence-electron chi connectivity index (χ2n) is 7.58. The number of aliphatic hydroxyl groups is 1. The molecule has 9 heteroatoms. The van der Waals surface area contributed by atoms with Gasteiger partial charge in [0.15, 0.2) is 0 Å². The van der Waals surface area contributed by atoms with E-state index in [0.717, 1.165) is 15.4 Å². The molecular formula is C21H29NO6S2. The summed E-state index contributed by atoms with van der Waals surface area (Å²) < 4.78 is 57.0. The predicted octanol–water partition coefficient (Wildman–Crippen LogP) is 2.72. The summed E-state index contributed by atoms with van der Waals surface area (Å²) in [6, 6.07) is 12.5. The van der Waals surface area contributed by atoms with E-state index in [9.17, 15) is 21.9 Å². The van der Waals surface area contributed by atoms with Gasteiger partial charge in [0.1, 0.15) is 0 Å². The highest BCUT2D eigenvalue weighted by atomic mass is 32.2. The fourth-order valence-electron chi connectivity index (χ4n) is 2.61. The molecule has 0 fully saturated rings. The van der Waals surface area contributed by atoms with Crippen molar-refractivity contribution in [3.05, 3.63) is 59.7 Å². The third kappa shape index (κ3) is 6.36. The zero-order valence-electron chi connectivity index (χ0n) is 17.6. The minimum atomic E-state index is -4.02. The Hall–Kier alpha value is -1.78. The predicted molar refractivity (Wildman–Crippen MR) is 115 cm³/mol. The van der Waals surface area contributed by atoms with Crippen molar-refractivity contribution < 1.29 is 26.1 Å². The largest absolute Gasteiger partial charge is 0.391 e. The molecule has 0 aliphatic heterocycles. The maximum atomic E-state index is 13.1. The lowest BCUT2D eigenvalue weighted by atomic mass is 10.1. The fourth-order valence-corrected chi connectivity index (χ4v) is 4.95. The molecule has 0 saturated carbocycles. The van der Waals surface area contributed by atoms with Crippen molar-refractivity contribution in [2.75, 3.05) is 19.7 Å². The van der Waals surface area contributed by atoms with Crippen LogP contribution in [0.2, 0.25) is 0 Å². The zero-order valence-corrected chi connectivity index (χ0v) is 19.3. The first-order chi connectivity index (χ1) is 13.9. The van der Waals surface area contributed by atoms with Crippen LogP contribution in [-0.2, 0) is 24.3 Å². The van der Waals surface area contributed by atoms with E-state index in [-0.39, 0.29) is 35.4 Å². The van der Waals surface area contributed by atoms with Gasteiger partial charge in [-0.15, -0.1) is 0 Å². The van der Waals surface area contributed by atoms with E-state index in [1.807, 2.05) is 13.8 Å². The number of hydrogen-bond donors (Lipinski definition) is 1. The van der Waals surface area contributed by atoms with E-state index >= 15 is 0 Å². The van der Waals surface area contributed by atoms with Gasteiger partial charge < -0.3 is 5.11 Å². The number of rotatable bonds is 10. The zero-order chi connectivity index (χ0) is 22.5. The third-order valence-corrected chi connectivity index (χ3v) is 7.91. The van der Waals surface area contributed by atoms with Crippen molar-refractivity contribution >= 4 is 20.1 Å². The van der Waals surface area contributed by atoms with Crippen LogP contribution >= 0.6 is 0 Å². The van der Waals surface area contributed by atoms with E-state index < -0.39 is 26.2 Å². The molecule has 0 aliphatic rings. The quantitative estimate of drug-likeness (QED) is 0.553. The molecule has 0 amide bonds. The lowest BCUT2D eigenvalue weighted by Gasteiger charge is -2.26. The van der Waals surface area contributed by atoms with Crippen LogP contribution in [0.25, 0.3) is 0 Å². The molecular weight excluding hydrogens is 426 g/mol. The van der Waals surface area contributed by atoms with Crippen molar-refractivity contribution in [2.24, 2.45) is 5.92 Å². The minimum absolute atomic E-state index is 0.00302. The SMILES string of the molecule is Cc1ccc(S(=O)(=O)OCCN(C[C@H](O)C(C)C)S(=O)(=O)c2ccc(C)cc2)cc1. The molecule has 0 saturated heterocycles. The van der Waals surface area contributed by atoms with E-state index in [1.54, 1.807) is 38.1 Å². The first-order valence-electron chi connectivity index (χ1n) is 9.64. The molecule has 0 heterocycles. The first kappa shape index (κ1) is 24.5. The Morgan fingerprint density at radius 2 is 1.33 bits per heavy atom. The van der Waals surface area contributed by atoms with Crippen molar-refractivity contribution in [1.82, 2.24) is 4.31 Å². The summed E-state index contributed by atoms with van der Waals surface area (Å²) >= 11 is 0. The van der Waals surface area contributed by atoms with Gasteiger partial charge in [-0.1, -0.05) is 49.2 Å². The summed E-state index contributed by atoms with van der Waals surface area (Å²) in [6.45, 7) is 6.49. The van der Waals surface area contributed by atoms with Gasteiger partial charge in [-0.3, -0.25) is 4.18 Å². The Morgan fingerprint density at radius 1 is 0.867 bits per heavy atom. The van der Waals surface area contributed by atoms with Crippen molar-refractivity contribution in [3.63, 3.8) is 0 Å². The minimum Gasteiger partial charge on any atom is -0.391 e. The molecule has 7 nitrogen and oxygen atoms in total. The molecule has 1 atom stereocenters. The second-order valence-corrected chi connectivity index (χ2v) is 11.1. The highest BCUT2D eigenvalue weighted by molar-refractivity contribution is 7.89. The summed E-state index contributed by atoms with van der Waals surface area (Å²) in [5, 5.41) is 10.2. The molecule has 0 bridgehead atoms. The lowest BCUT2D eigenvalue weighted by molar-refractivity contribution is 0.0986. The van der Waals surface area contributed by atoms with Crippen LogP contribution < -0.4 is 0 Å². The van der Waals surface area contributed by atoms with Gasteiger partial charge in [0.25, 0.3) is 10.1 Å². The molecule has 2 aromatic carbocycles. The number of nitrogens with zero attached hydrogens (tertiary/aromatic N) is 1. The van der Waals surface area contributed by atoms with Crippen LogP contribution in [0.4, 0.5) is 0 Å². The number of hydrogen-bond acceptors (Lipinski definition) is 6. The normalized spacial score (nSPS) is 13.7. The molecule has 0 unspecified atom stereocenters. The van der Waals surface area contributed by atoms with E-state index in [4.69, 9.17) is 4.18 Å². The molecule has 0 radical (unpaired) electrons. The van der Waals surface area contributed by atoms with Gasteiger partial charge in [-0.2, -0.15) is 12.7 Å². The topological polar surface area (TPSA) is 101 Å². The number of sulfonamides is 1. The molecule has 30 heavy (non-hydrogen) atoms. The molecule has 0 spiro atoms. The molecule has 0 aromatic heterocycles. The van der Waals surface area contributed by atoms with E-state index in [2.05, 4.69) is 0 Å². The lowest BCUT2D eigenvalue weighted by Crippen LogP contribution is -2.41. The summed E-state index contributed by atoms with van der Waals surface area (Å²) in [6.07, 6.45) is -0.904. The maximum absolute atomic E-state index is 13.1. The number of aliphatic hydroxyl groups excluding tert-OH is 1. The molecule has 1 N–H and O–H groups in total. The Labute approximate surface area is 179 Å². The standard InChI is InChI=1S/C21H29NO6S2/c1-16(2)21(23)15-22(29(24,25)19-9-5-17(3)6-10-19)13-14-28-30(26,27)20-11-7-18(4)8-12-20/h5-12,16,21,23H,13-15H2,1-4H3/t21-/m0/s1. The monoisotopic (exact) mass is 455 g/mol. The smallest absolute Gasteiger partial charge is 0.297 e. The van der Waals surface area contributed by atoms with Gasteiger partial charge in [0.2, 0.25) is 10.0 Å². The highest BCUT2D eigenvalue weighted by Gasteiger charge is 2.28. The summed E-state index contributed by atoms with van der Waals surface area (Å²) in [5.41, 5.74) is 1.82. The number of benzene rings is 2. The molecule has 166 valence electrons. The van der Waals surface area contributed by atoms with Crippen molar-refractivity contribution in [3.8, 4) is 0 Å². The molecule has 2 rings (SSSR count). The van der Waals surface area contributed by atoms with Crippen LogP contribution in [0.15, 0.2) is 58.3 Å². The average molecular weight is 456 g/mol. The van der Waals surface area contributed by atoms with Crippen LogP contribution in [0.3, 0.4) is 0 Å². The van der Waals surface area contributed by atoms with Crippen LogP contribution in [0.5, 0.6) is 0 Å². The van der Waals surface area contributed by atoms with Crippen LogP contribution in [0.1, 0.15) is 25.0 Å². The van der Waals surface area contributed by atoms with Gasteiger partial charge in [-0.25, -0.2) is 8.42 Å². The second kappa shape index (κ2) is 10.0. The van der Waals surface area contributed by atoms with E-state index in [0.29, 0.717) is 0 Å². The van der Waals surface area contributed by atoms with E-state index in [1.165, 1.54) is 24.3 Å². The van der Waals surface area contributed by atoms with Crippen LogP contribution in [0, 0.1) is 19.8 Å². The van der Waals surface area contributed by atoms with Gasteiger partial charge >= 0.3 is 0 Å². The Bertz CT molecular complexity index is 1030. The fraction of sp³-hybridized carbons (Fsp3) is 0.429. The summed E-state index contributed by atoms with van der Waals surface area (Å²) in [7, 11) is -7.95. The summed E-state index contributed by atoms with van der Waals surface area (Å²) in [4.78, 5) is 0.0775. The molecule has 2 aromatic rings.